The van der Waals surface area contributed by atoms with E-state index in [9.17, 15) is 9.90 Å². The molecule has 3 fully saturated rings. The van der Waals surface area contributed by atoms with Crippen molar-refractivity contribution in [1.82, 2.24) is 0 Å². The zero-order chi connectivity index (χ0) is 15.8. The fourth-order valence-electron chi connectivity index (χ4n) is 6.88. The van der Waals surface area contributed by atoms with Crippen LogP contribution in [0.2, 0.25) is 0 Å². The van der Waals surface area contributed by atoms with Gasteiger partial charge in [-0.05, 0) is 86.0 Å². The fourth-order valence-corrected chi connectivity index (χ4v) is 6.88. The second kappa shape index (κ2) is 4.47. The number of allylic oxidation sites excluding steroid dienone is 2. The van der Waals surface area contributed by atoms with Crippen LogP contribution in [0.4, 0.5) is 0 Å². The Morgan fingerprint density at radius 1 is 1.05 bits per heavy atom. The van der Waals surface area contributed by atoms with Crippen LogP contribution in [0, 0.1) is 34.5 Å². The number of fused-ring (bicyclic) bond motifs is 5. The number of hydrogen-bond donors (Lipinski definition) is 1. The lowest BCUT2D eigenvalue weighted by Gasteiger charge is -2.59. The normalized spacial score (nSPS) is 57.2. The van der Waals surface area contributed by atoms with E-state index in [1.165, 1.54) is 25.7 Å². The molecule has 3 saturated carbocycles. The van der Waals surface area contributed by atoms with Gasteiger partial charge in [0.05, 0.1) is 5.60 Å². The summed E-state index contributed by atoms with van der Waals surface area (Å²) in [7, 11) is 0. The SMILES string of the molecule is C[C@]12C=CC(=O)C[C@H]1CC[C@@H]1[C@@H]2CC[C@@]2(C)[C@H]1CC[C@]2(C)O. The summed E-state index contributed by atoms with van der Waals surface area (Å²) >= 11 is 0. The lowest BCUT2D eigenvalue weighted by Crippen LogP contribution is -2.55. The summed E-state index contributed by atoms with van der Waals surface area (Å²) in [6, 6.07) is 0. The average molecular weight is 302 g/mol. The first-order valence-electron chi connectivity index (χ1n) is 9.22. The largest absolute Gasteiger partial charge is 0.390 e. The van der Waals surface area contributed by atoms with Gasteiger partial charge in [0, 0.05) is 6.42 Å². The quantitative estimate of drug-likeness (QED) is 0.730. The minimum Gasteiger partial charge on any atom is -0.390 e. The first kappa shape index (κ1) is 14.9. The first-order valence-corrected chi connectivity index (χ1v) is 9.22. The van der Waals surface area contributed by atoms with Crippen LogP contribution in [0.15, 0.2) is 12.2 Å². The molecule has 0 aromatic carbocycles. The zero-order valence-corrected chi connectivity index (χ0v) is 14.3. The summed E-state index contributed by atoms with van der Waals surface area (Å²) in [5, 5.41) is 10.9. The molecule has 0 aromatic heterocycles. The van der Waals surface area contributed by atoms with E-state index in [1.54, 1.807) is 0 Å². The Morgan fingerprint density at radius 2 is 1.77 bits per heavy atom. The summed E-state index contributed by atoms with van der Waals surface area (Å²) in [4.78, 5) is 11.8. The van der Waals surface area contributed by atoms with Crippen LogP contribution in [-0.2, 0) is 4.79 Å². The van der Waals surface area contributed by atoms with Gasteiger partial charge in [0.2, 0.25) is 0 Å². The summed E-state index contributed by atoms with van der Waals surface area (Å²) in [6.45, 7) is 6.82. The van der Waals surface area contributed by atoms with Crippen molar-refractivity contribution in [2.75, 3.05) is 0 Å². The topological polar surface area (TPSA) is 37.3 Å². The third kappa shape index (κ3) is 1.74. The van der Waals surface area contributed by atoms with Crippen LogP contribution in [0.3, 0.4) is 0 Å². The van der Waals surface area contributed by atoms with E-state index in [0.717, 1.165) is 25.2 Å². The highest BCUT2D eigenvalue weighted by atomic mass is 16.3. The molecule has 0 unspecified atom stereocenters. The third-order valence-electron chi connectivity index (χ3n) is 8.60. The van der Waals surface area contributed by atoms with Crippen LogP contribution < -0.4 is 0 Å². The van der Waals surface area contributed by atoms with Gasteiger partial charge >= 0.3 is 0 Å². The molecule has 2 nitrogen and oxygen atoms in total. The molecule has 0 aromatic rings. The Balaban J connectivity index is 1.69. The highest BCUT2D eigenvalue weighted by Gasteiger charge is 2.62. The summed E-state index contributed by atoms with van der Waals surface area (Å²) < 4.78 is 0. The monoisotopic (exact) mass is 302 g/mol. The second-order valence-electron chi connectivity index (χ2n) is 9.29. The van der Waals surface area contributed by atoms with Crippen LogP contribution >= 0.6 is 0 Å². The van der Waals surface area contributed by atoms with Crippen LogP contribution in [0.1, 0.15) is 65.7 Å². The summed E-state index contributed by atoms with van der Waals surface area (Å²) in [6.07, 6.45) is 11.9. The van der Waals surface area contributed by atoms with Crippen molar-refractivity contribution in [3.8, 4) is 0 Å². The Hall–Kier alpha value is -0.630. The molecule has 4 aliphatic carbocycles. The molecule has 0 saturated heterocycles. The first-order chi connectivity index (χ1) is 10.3. The molecule has 4 rings (SSSR count). The Labute approximate surface area is 134 Å². The molecule has 2 heteroatoms. The fraction of sp³-hybridized carbons (Fsp3) is 0.850. The van der Waals surface area contributed by atoms with Gasteiger partial charge in [-0.2, -0.15) is 0 Å². The van der Waals surface area contributed by atoms with Crippen LogP contribution in [0.5, 0.6) is 0 Å². The van der Waals surface area contributed by atoms with E-state index in [4.69, 9.17) is 0 Å². The predicted octanol–water partition coefficient (Wildman–Crippen LogP) is 4.13. The molecule has 0 amide bonds. The highest BCUT2D eigenvalue weighted by Crippen LogP contribution is 2.67. The number of aliphatic hydroxyl groups is 1. The lowest BCUT2D eigenvalue weighted by molar-refractivity contribution is -0.135. The molecule has 0 heterocycles. The molecule has 4 aliphatic rings. The number of hydrogen-bond acceptors (Lipinski definition) is 2. The number of ketones is 1. The highest BCUT2D eigenvalue weighted by molar-refractivity contribution is 5.91. The van der Waals surface area contributed by atoms with E-state index in [1.807, 2.05) is 6.08 Å². The van der Waals surface area contributed by atoms with Crippen LogP contribution in [0.25, 0.3) is 0 Å². The van der Waals surface area contributed by atoms with Gasteiger partial charge in [-0.1, -0.05) is 19.9 Å². The summed E-state index contributed by atoms with van der Waals surface area (Å²) in [5.41, 5.74) is -0.170. The lowest BCUT2D eigenvalue weighted by atomic mass is 9.45. The van der Waals surface area contributed by atoms with Crippen molar-refractivity contribution in [3.63, 3.8) is 0 Å². The van der Waals surface area contributed by atoms with Crippen molar-refractivity contribution in [2.45, 2.75) is 71.3 Å². The molecule has 0 bridgehead atoms. The molecule has 1 N–H and O–H groups in total. The Morgan fingerprint density at radius 3 is 2.55 bits per heavy atom. The standard InChI is InChI=1S/C20H30O2/c1-18-9-6-14(21)12-13(18)4-5-15-16(18)7-10-19(2)17(15)8-11-20(19,3)22/h6,9,13,15-17,22H,4-5,7-8,10-12H2,1-3H3/t13-,15-,16+,17+,18+,19+,20+/m1/s1. The van der Waals surface area contributed by atoms with Gasteiger partial charge < -0.3 is 5.11 Å². The van der Waals surface area contributed by atoms with Crippen molar-refractivity contribution in [1.29, 1.82) is 0 Å². The molecule has 0 radical (unpaired) electrons. The maximum atomic E-state index is 11.8. The number of carbonyl (C=O) groups excluding carboxylic acids is 1. The third-order valence-corrected chi connectivity index (χ3v) is 8.60. The maximum absolute atomic E-state index is 11.8. The van der Waals surface area contributed by atoms with E-state index in [0.29, 0.717) is 23.5 Å². The smallest absolute Gasteiger partial charge is 0.155 e. The zero-order valence-electron chi connectivity index (χ0n) is 14.3. The van der Waals surface area contributed by atoms with E-state index in [-0.39, 0.29) is 10.8 Å². The van der Waals surface area contributed by atoms with Crippen molar-refractivity contribution >= 4 is 5.78 Å². The molecule has 7 atom stereocenters. The van der Waals surface area contributed by atoms with E-state index in [2.05, 4.69) is 26.8 Å². The minimum atomic E-state index is -0.487. The van der Waals surface area contributed by atoms with Crippen molar-refractivity contribution in [2.24, 2.45) is 34.5 Å². The van der Waals surface area contributed by atoms with E-state index < -0.39 is 5.60 Å². The molecular weight excluding hydrogens is 272 g/mol. The van der Waals surface area contributed by atoms with E-state index >= 15 is 0 Å². The maximum Gasteiger partial charge on any atom is 0.155 e. The molecule has 0 spiro atoms. The van der Waals surface area contributed by atoms with Gasteiger partial charge in [-0.15, -0.1) is 0 Å². The van der Waals surface area contributed by atoms with Crippen LogP contribution in [-0.4, -0.2) is 16.5 Å². The molecule has 22 heavy (non-hydrogen) atoms. The second-order valence-corrected chi connectivity index (χ2v) is 9.29. The summed E-state index contributed by atoms with van der Waals surface area (Å²) in [5.74, 6) is 3.00. The molecule has 122 valence electrons. The van der Waals surface area contributed by atoms with Gasteiger partial charge in [-0.3, -0.25) is 4.79 Å². The van der Waals surface area contributed by atoms with Crippen molar-refractivity contribution in [3.05, 3.63) is 12.2 Å². The average Bonchev–Trinajstić information content (AvgIpc) is 2.70. The van der Waals surface area contributed by atoms with Gasteiger partial charge in [0.25, 0.3) is 0 Å². The Kier molecular flexibility index (Phi) is 3.03. The number of rotatable bonds is 0. The Bertz CT molecular complexity index is 534. The minimum absolute atomic E-state index is 0.103. The molecule has 0 aliphatic heterocycles. The van der Waals surface area contributed by atoms with Gasteiger partial charge in [0.1, 0.15) is 0 Å². The van der Waals surface area contributed by atoms with Gasteiger partial charge in [0.15, 0.2) is 5.78 Å². The van der Waals surface area contributed by atoms with Gasteiger partial charge in [-0.25, -0.2) is 0 Å². The van der Waals surface area contributed by atoms with Crippen molar-refractivity contribution < 1.29 is 9.90 Å². The predicted molar refractivity (Wildman–Crippen MR) is 87.3 cm³/mol. The molecular formula is C20H30O2. The number of carbonyl (C=O) groups is 1.